The predicted molar refractivity (Wildman–Crippen MR) is 124 cm³/mol. The summed E-state index contributed by atoms with van der Waals surface area (Å²) < 4.78 is 5.07. The number of nitrogens with zero attached hydrogens (tertiary/aromatic N) is 3. The number of urea groups is 1. The third kappa shape index (κ3) is 5.70. The first-order valence-corrected chi connectivity index (χ1v) is 10.7. The fourth-order valence-electron chi connectivity index (χ4n) is 3.27. The molecule has 1 N–H and O–H groups in total. The standard InChI is InChI=1S/C22H24Cl2N4O4/c1-15-18(24)4-3-5-19(15)28-14-27(13-21(28)30)20(29)12-26(10-11-32-2)22(31)25-17-8-6-16(23)7-9-17/h3-9H,10-14H2,1-2H3,(H,25,31). The smallest absolute Gasteiger partial charge is 0.322 e. The van der Waals surface area contributed by atoms with Crippen LogP contribution >= 0.6 is 23.2 Å². The highest BCUT2D eigenvalue weighted by molar-refractivity contribution is 6.32. The van der Waals surface area contributed by atoms with E-state index in [-0.39, 0.29) is 44.7 Å². The number of ether oxygens (including phenoxy) is 1. The number of amides is 4. The predicted octanol–water partition coefficient (Wildman–Crippen LogP) is 3.62. The number of rotatable bonds is 7. The lowest BCUT2D eigenvalue weighted by Gasteiger charge is -2.25. The van der Waals surface area contributed by atoms with E-state index in [0.29, 0.717) is 21.4 Å². The van der Waals surface area contributed by atoms with Crippen LogP contribution in [0, 0.1) is 6.92 Å². The Morgan fingerprint density at radius 2 is 1.88 bits per heavy atom. The third-order valence-electron chi connectivity index (χ3n) is 5.10. The van der Waals surface area contributed by atoms with Crippen molar-refractivity contribution in [2.75, 3.05) is 50.2 Å². The molecular formula is C22H24Cl2N4O4. The maximum absolute atomic E-state index is 12.9. The molecule has 0 radical (unpaired) electrons. The number of hydrogen-bond donors (Lipinski definition) is 1. The molecule has 1 saturated heterocycles. The number of methoxy groups -OCH3 is 1. The third-order valence-corrected chi connectivity index (χ3v) is 5.76. The van der Waals surface area contributed by atoms with Crippen LogP contribution in [0.2, 0.25) is 10.0 Å². The normalized spacial score (nSPS) is 13.4. The molecule has 4 amide bonds. The topological polar surface area (TPSA) is 82.2 Å². The van der Waals surface area contributed by atoms with Crippen LogP contribution in [0.15, 0.2) is 42.5 Å². The molecule has 170 valence electrons. The van der Waals surface area contributed by atoms with Crippen LogP contribution in [0.4, 0.5) is 16.2 Å². The minimum atomic E-state index is -0.453. The zero-order chi connectivity index (χ0) is 23.3. The van der Waals surface area contributed by atoms with Crippen molar-refractivity contribution in [3.63, 3.8) is 0 Å². The van der Waals surface area contributed by atoms with Crippen LogP contribution in [-0.4, -0.2) is 67.7 Å². The van der Waals surface area contributed by atoms with Gasteiger partial charge in [-0.15, -0.1) is 0 Å². The molecule has 10 heteroatoms. The number of halogens is 2. The zero-order valence-corrected chi connectivity index (χ0v) is 19.3. The monoisotopic (exact) mass is 478 g/mol. The first kappa shape index (κ1) is 23.8. The Morgan fingerprint density at radius 3 is 2.56 bits per heavy atom. The maximum atomic E-state index is 12.9. The van der Waals surface area contributed by atoms with E-state index in [1.54, 1.807) is 42.5 Å². The van der Waals surface area contributed by atoms with Crippen molar-refractivity contribution in [2.24, 2.45) is 0 Å². The Hall–Kier alpha value is -2.81. The van der Waals surface area contributed by atoms with Crippen molar-refractivity contribution in [2.45, 2.75) is 6.92 Å². The molecule has 0 aromatic heterocycles. The highest BCUT2D eigenvalue weighted by Crippen LogP contribution is 2.28. The van der Waals surface area contributed by atoms with Crippen molar-refractivity contribution >= 4 is 52.4 Å². The van der Waals surface area contributed by atoms with E-state index >= 15 is 0 Å². The number of carbonyl (C=O) groups is 3. The largest absolute Gasteiger partial charge is 0.383 e. The molecule has 2 aromatic rings. The summed E-state index contributed by atoms with van der Waals surface area (Å²) in [4.78, 5) is 42.5. The average molecular weight is 479 g/mol. The second kappa shape index (κ2) is 10.7. The summed E-state index contributed by atoms with van der Waals surface area (Å²) in [5.41, 5.74) is 1.98. The van der Waals surface area contributed by atoms with Crippen LogP contribution in [0.25, 0.3) is 0 Å². The number of hydrogen-bond acceptors (Lipinski definition) is 4. The highest BCUT2D eigenvalue weighted by atomic mass is 35.5. The minimum absolute atomic E-state index is 0.0678. The van der Waals surface area contributed by atoms with Crippen LogP contribution in [-0.2, 0) is 14.3 Å². The van der Waals surface area contributed by atoms with Crippen LogP contribution < -0.4 is 10.2 Å². The van der Waals surface area contributed by atoms with E-state index in [1.807, 2.05) is 6.92 Å². The van der Waals surface area contributed by atoms with Gasteiger partial charge in [-0.1, -0.05) is 29.3 Å². The lowest BCUT2D eigenvalue weighted by atomic mass is 10.2. The van der Waals surface area contributed by atoms with Gasteiger partial charge in [-0.25, -0.2) is 4.79 Å². The molecule has 1 aliphatic rings. The van der Waals surface area contributed by atoms with Gasteiger partial charge >= 0.3 is 6.03 Å². The van der Waals surface area contributed by atoms with Crippen molar-refractivity contribution in [1.29, 1.82) is 0 Å². The number of anilines is 2. The van der Waals surface area contributed by atoms with E-state index in [9.17, 15) is 14.4 Å². The summed E-state index contributed by atoms with van der Waals surface area (Å²) in [5, 5.41) is 3.84. The Kier molecular flexibility index (Phi) is 7.95. The van der Waals surface area contributed by atoms with Gasteiger partial charge in [0.05, 0.1) is 6.61 Å². The van der Waals surface area contributed by atoms with Gasteiger partial charge in [-0.3, -0.25) is 14.5 Å². The van der Waals surface area contributed by atoms with E-state index in [4.69, 9.17) is 27.9 Å². The van der Waals surface area contributed by atoms with Crippen molar-refractivity contribution in [3.05, 3.63) is 58.1 Å². The SMILES string of the molecule is COCCN(CC(=O)N1CC(=O)N(c2cccc(Cl)c2C)C1)C(=O)Nc1ccc(Cl)cc1. The summed E-state index contributed by atoms with van der Waals surface area (Å²) in [7, 11) is 1.52. The number of carbonyl (C=O) groups excluding carboxylic acids is 3. The van der Waals surface area contributed by atoms with E-state index in [2.05, 4.69) is 5.32 Å². The number of benzene rings is 2. The van der Waals surface area contributed by atoms with E-state index in [1.165, 1.54) is 21.8 Å². The van der Waals surface area contributed by atoms with Gasteiger partial charge < -0.3 is 19.9 Å². The second-order valence-corrected chi connectivity index (χ2v) is 8.13. The maximum Gasteiger partial charge on any atom is 0.322 e. The second-order valence-electron chi connectivity index (χ2n) is 7.29. The van der Waals surface area contributed by atoms with Gasteiger partial charge in [0.25, 0.3) is 0 Å². The molecule has 0 unspecified atom stereocenters. The summed E-state index contributed by atoms with van der Waals surface area (Å²) in [6.07, 6.45) is 0. The first-order valence-electron chi connectivity index (χ1n) is 9.94. The molecule has 0 atom stereocenters. The van der Waals surface area contributed by atoms with Crippen molar-refractivity contribution in [1.82, 2.24) is 9.80 Å². The Morgan fingerprint density at radius 1 is 1.16 bits per heavy atom. The van der Waals surface area contributed by atoms with Gasteiger partial charge in [0.2, 0.25) is 11.8 Å². The fraction of sp³-hybridized carbons (Fsp3) is 0.318. The number of nitrogens with one attached hydrogen (secondary N) is 1. The quantitative estimate of drug-likeness (QED) is 0.658. The molecule has 0 saturated carbocycles. The summed E-state index contributed by atoms with van der Waals surface area (Å²) >= 11 is 12.1. The van der Waals surface area contributed by atoms with Gasteiger partial charge in [-0.05, 0) is 48.9 Å². The van der Waals surface area contributed by atoms with Crippen LogP contribution in [0.1, 0.15) is 5.56 Å². The average Bonchev–Trinajstić information content (AvgIpc) is 3.16. The van der Waals surface area contributed by atoms with E-state index < -0.39 is 6.03 Å². The zero-order valence-electron chi connectivity index (χ0n) is 17.8. The molecule has 1 heterocycles. The van der Waals surface area contributed by atoms with Gasteiger partial charge in [0, 0.05) is 35.1 Å². The Bertz CT molecular complexity index is 1000. The lowest BCUT2D eigenvalue weighted by molar-refractivity contribution is -0.132. The lowest BCUT2D eigenvalue weighted by Crippen LogP contribution is -2.45. The minimum Gasteiger partial charge on any atom is -0.383 e. The summed E-state index contributed by atoms with van der Waals surface area (Å²) in [5.74, 6) is -0.555. The van der Waals surface area contributed by atoms with Gasteiger partial charge in [0.15, 0.2) is 0 Å². The van der Waals surface area contributed by atoms with Crippen LogP contribution in [0.5, 0.6) is 0 Å². The van der Waals surface area contributed by atoms with Crippen molar-refractivity contribution < 1.29 is 19.1 Å². The molecule has 8 nitrogen and oxygen atoms in total. The first-order chi connectivity index (χ1) is 15.3. The molecule has 0 bridgehead atoms. The van der Waals surface area contributed by atoms with Gasteiger partial charge in [0.1, 0.15) is 19.8 Å². The fourth-order valence-corrected chi connectivity index (χ4v) is 3.56. The highest BCUT2D eigenvalue weighted by Gasteiger charge is 2.33. The molecule has 3 rings (SSSR count). The molecular weight excluding hydrogens is 455 g/mol. The molecule has 0 spiro atoms. The molecule has 0 aliphatic carbocycles. The van der Waals surface area contributed by atoms with Gasteiger partial charge in [-0.2, -0.15) is 0 Å². The molecule has 1 fully saturated rings. The molecule has 2 aromatic carbocycles. The van der Waals surface area contributed by atoms with Crippen LogP contribution in [0.3, 0.4) is 0 Å². The summed E-state index contributed by atoms with van der Waals surface area (Å²) in [6.45, 7) is 2.12. The molecule has 32 heavy (non-hydrogen) atoms. The Labute approximate surface area is 196 Å². The molecule has 1 aliphatic heterocycles. The Balaban J connectivity index is 1.67. The summed E-state index contributed by atoms with van der Waals surface area (Å²) in [6, 6.07) is 11.5. The van der Waals surface area contributed by atoms with Crippen molar-refractivity contribution in [3.8, 4) is 0 Å². The van der Waals surface area contributed by atoms with E-state index in [0.717, 1.165) is 5.56 Å².